The summed E-state index contributed by atoms with van der Waals surface area (Å²) in [6.07, 6.45) is 8.57. The van der Waals surface area contributed by atoms with Crippen molar-refractivity contribution in [3.05, 3.63) is 59.7 Å². The highest BCUT2D eigenvalue weighted by Crippen LogP contribution is 2.34. The number of allylic oxidation sites excluding steroid dienone is 3. The summed E-state index contributed by atoms with van der Waals surface area (Å²) in [6, 6.07) is 6.60. The summed E-state index contributed by atoms with van der Waals surface area (Å²) in [5.74, 6) is -2.78. The minimum Gasteiger partial charge on any atom is -0.481 e. The summed E-state index contributed by atoms with van der Waals surface area (Å²) in [5.41, 5.74) is 18.8. The molecule has 1 aliphatic rings. The zero-order valence-corrected chi connectivity index (χ0v) is 21.9. The van der Waals surface area contributed by atoms with Crippen molar-refractivity contribution in [1.82, 2.24) is 0 Å². The van der Waals surface area contributed by atoms with Crippen LogP contribution in [0.25, 0.3) is 0 Å². The quantitative estimate of drug-likeness (QED) is 0.292. The van der Waals surface area contributed by atoms with Gasteiger partial charge in [-0.25, -0.2) is 0 Å². The van der Waals surface area contributed by atoms with Gasteiger partial charge in [0.2, 0.25) is 0 Å². The van der Waals surface area contributed by atoms with Crippen molar-refractivity contribution >= 4 is 17.9 Å². The standard InChI is InChI=1S/C11H17NO2.C10H13NO2.C6H13NO2/c1-11(2)6-4-3-5-8(11)9(12)7-10(13)14;1-7-4-2-3-5-8(7)9(11)6-10(12)13;1-3-5(4(2)7)6(8)9/h3-6,8-9H,7,12H2,1-2H3,(H,13,14);2-5,9H,6,11H2,1H3,(H,12,13);4-5H,3,7H2,1-2H3,(H,8,9)/t8?,9-;9-;/m11./s1. The second-order valence-corrected chi connectivity index (χ2v) is 9.63. The summed E-state index contributed by atoms with van der Waals surface area (Å²) in [5, 5.41) is 25.7. The molecule has 0 radical (unpaired) electrons. The van der Waals surface area contributed by atoms with E-state index in [-0.39, 0.29) is 42.2 Å². The van der Waals surface area contributed by atoms with Crippen molar-refractivity contribution < 1.29 is 29.7 Å². The summed E-state index contributed by atoms with van der Waals surface area (Å²) in [7, 11) is 0. The molecule has 0 aromatic heterocycles. The first kappa shape index (κ1) is 33.0. The van der Waals surface area contributed by atoms with Crippen LogP contribution in [-0.2, 0) is 14.4 Å². The topological polar surface area (TPSA) is 190 Å². The maximum atomic E-state index is 10.5. The maximum absolute atomic E-state index is 10.5. The van der Waals surface area contributed by atoms with Crippen LogP contribution in [0.3, 0.4) is 0 Å². The van der Waals surface area contributed by atoms with Gasteiger partial charge >= 0.3 is 17.9 Å². The molecule has 0 saturated heterocycles. The van der Waals surface area contributed by atoms with Crippen molar-refractivity contribution in [3.63, 3.8) is 0 Å². The minimum atomic E-state index is -0.865. The molecule has 0 heterocycles. The predicted molar refractivity (Wildman–Crippen MR) is 141 cm³/mol. The molecule has 5 atom stereocenters. The van der Waals surface area contributed by atoms with Crippen molar-refractivity contribution in [3.8, 4) is 0 Å². The van der Waals surface area contributed by atoms with E-state index in [4.69, 9.17) is 32.5 Å². The average Bonchev–Trinajstić information content (AvgIpc) is 2.73. The van der Waals surface area contributed by atoms with Gasteiger partial charge in [0.1, 0.15) is 0 Å². The summed E-state index contributed by atoms with van der Waals surface area (Å²) < 4.78 is 0. The number of hydrogen-bond donors (Lipinski definition) is 6. The van der Waals surface area contributed by atoms with Crippen LogP contribution in [0.1, 0.15) is 64.1 Å². The van der Waals surface area contributed by atoms with Crippen LogP contribution in [0.2, 0.25) is 0 Å². The maximum Gasteiger partial charge on any atom is 0.308 e. The first-order chi connectivity index (χ1) is 16.6. The fourth-order valence-corrected chi connectivity index (χ4v) is 3.94. The van der Waals surface area contributed by atoms with Gasteiger partial charge in [-0.05, 0) is 36.8 Å². The molecule has 0 amide bonds. The Labute approximate surface area is 214 Å². The number of carboxylic acid groups (broad SMARTS) is 3. The van der Waals surface area contributed by atoms with Crippen molar-refractivity contribution in [2.45, 2.75) is 72.0 Å². The molecule has 3 unspecified atom stereocenters. The van der Waals surface area contributed by atoms with E-state index in [9.17, 15) is 14.4 Å². The number of aryl methyl sites for hydroxylation is 1. The SMILES string of the molecule is CC1(C)C=CC=CC1[C@H](N)CC(=O)O.CCC(C(=O)O)C(C)N.Cc1ccccc1[C@H](N)CC(=O)O. The number of rotatable bonds is 9. The number of hydrogen-bond acceptors (Lipinski definition) is 6. The molecule has 1 aromatic rings. The molecule has 0 fully saturated rings. The Kier molecular flexibility index (Phi) is 14.5. The van der Waals surface area contributed by atoms with E-state index in [1.807, 2.05) is 56.3 Å². The third-order valence-electron chi connectivity index (χ3n) is 6.06. The van der Waals surface area contributed by atoms with Gasteiger partial charge in [-0.1, -0.05) is 69.3 Å². The number of nitrogens with two attached hydrogens (primary N) is 3. The molecule has 36 heavy (non-hydrogen) atoms. The lowest BCUT2D eigenvalue weighted by atomic mass is 9.72. The summed E-state index contributed by atoms with van der Waals surface area (Å²) >= 11 is 0. The van der Waals surface area contributed by atoms with Gasteiger partial charge in [-0.3, -0.25) is 14.4 Å². The predicted octanol–water partition coefficient (Wildman–Crippen LogP) is 3.47. The van der Waals surface area contributed by atoms with E-state index in [0.717, 1.165) is 11.1 Å². The molecule has 9 nitrogen and oxygen atoms in total. The van der Waals surface area contributed by atoms with Crippen LogP contribution in [0.15, 0.2) is 48.6 Å². The molecule has 1 aliphatic carbocycles. The van der Waals surface area contributed by atoms with E-state index in [1.54, 1.807) is 6.92 Å². The number of carboxylic acids is 3. The van der Waals surface area contributed by atoms with Gasteiger partial charge in [0.25, 0.3) is 0 Å². The molecule has 9 N–H and O–H groups in total. The first-order valence-corrected chi connectivity index (χ1v) is 12.0. The molecule has 0 bridgehead atoms. The summed E-state index contributed by atoms with van der Waals surface area (Å²) in [6.45, 7) is 9.60. The Morgan fingerprint density at radius 3 is 1.92 bits per heavy atom. The average molecular weight is 506 g/mol. The second-order valence-electron chi connectivity index (χ2n) is 9.63. The second kappa shape index (κ2) is 15.9. The van der Waals surface area contributed by atoms with Crippen molar-refractivity contribution in [2.75, 3.05) is 0 Å². The molecule has 2 rings (SSSR count). The van der Waals surface area contributed by atoms with Gasteiger partial charge in [-0.15, -0.1) is 0 Å². The number of carbonyl (C=O) groups is 3. The molecule has 0 spiro atoms. The Morgan fingerprint density at radius 2 is 1.53 bits per heavy atom. The summed E-state index contributed by atoms with van der Waals surface area (Å²) in [4.78, 5) is 31.2. The van der Waals surface area contributed by atoms with Crippen LogP contribution in [0.5, 0.6) is 0 Å². The monoisotopic (exact) mass is 505 g/mol. The Bertz CT molecular complexity index is 911. The van der Waals surface area contributed by atoms with E-state index in [2.05, 4.69) is 19.9 Å². The van der Waals surface area contributed by atoms with Gasteiger partial charge in [0.05, 0.1) is 18.8 Å². The van der Waals surface area contributed by atoms with Crippen LogP contribution in [-0.4, -0.2) is 45.3 Å². The lowest BCUT2D eigenvalue weighted by molar-refractivity contribution is -0.142. The number of aliphatic carboxylic acids is 3. The molecule has 1 aromatic carbocycles. The zero-order chi connectivity index (χ0) is 28.1. The van der Waals surface area contributed by atoms with Gasteiger partial charge in [0, 0.05) is 24.0 Å². The smallest absolute Gasteiger partial charge is 0.308 e. The van der Waals surface area contributed by atoms with Gasteiger partial charge < -0.3 is 32.5 Å². The fourth-order valence-electron chi connectivity index (χ4n) is 3.94. The van der Waals surface area contributed by atoms with Crippen molar-refractivity contribution in [2.24, 2.45) is 34.5 Å². The molecule has 0 aliphatic heterocycles. The van der Waals surface area contributed by atoms with Crippen LogP contribution in [0, 0.1) is 24.2 Å². The normalized spacial score (nSPS) is 18.8. The highest BCUT2D eigenvalue weighted by molar-refractivity contribution is 5.70. The fraction of sp³-hybridized carbons (Fsp3) is 0.519. The largest absolute Gasteiger partial charge is 0.481 e. The minimum absolute atomic E-state index is 0.0201. The molecule has 0 saturated carbocycles. The zero-order valence-electron chi connectivity index (χ0n) is 21.9. The van der Waals surface area contributed by atoms with Crippen LogP contribution < -0.4 is 17.2 Å². The Balaban J connectivity index is 0.000000524. The van der Waals surface area contributed by atoms with E-state index >= 15 is 0 Å². The van der Waals surface area contributed by atoms with E-state index in [1.165, 1.54) is 0 Å². The molecule has 202 valence electrons. The lowest BCUT2D eigenvalue weighted by Gasteiger charge is -2.35. The van der Waals surface area contributed by atoms with Crippen LogP contribution >= 0.6 is 0 Å². The Morgan fingerprint density at radius 1 is 0.972 bits per heavy atom. The van der Waals surface area contributed by atoms with Crippen molar-refractivity contribution in [1.29, 1.82) is 0 Å². The van der Waals surface area contributed by atoms with Gasteiger partial charge in [-0.2, -0.15) is 0 Å². The molecule has 9 heteroatoms. The first-order valence-electron chi connectivity index (χ1n) is 12.0. The lowest BCUT2D eigenvalue weighted by Crippen LogP contribution is -2.39. The van der Waals surface area contributed by atoms with Crippen LogP contribution in [0.4, 0.5) is 0 Å². The number of benzene rings is 1. The van der Waals surface area contributed by atoms with E-state index < -0.39 is 23.9 Å². The molecular formula is C27H43N3O6. The van der Waals surface area contributed by atoms with E-state index in [0.29, 0.717) is 6.42 Å². The molecular weight excluding hydrogens is 462 g/mol. The third-order valence-corrected chi connectivity index (χ3v) is 6.06. The highest BCUT2D eigenvalue weighted by atomic mass is 16.4. The Hall–Kier alpha value is -3.01. The van der Waals surface area contributed by atoms with Gasteiger partial charge in [0.15, 0.2) is 0 Å². The highest BCUT2D eigenvalue weighted by Gasteiger charge is 2.32. The third kappa shape index (κ3) is 12.1.